The SMILES string of the molecule is Cc1cccc(NC(=O)N(CCN(C)C)c2nc3ccc(OC(F)(F)F)cc3s2)c1. The number of alkyl halides is 3. The maximum Gasteiger partial charge on any atom is 0.573 e. The van der Waals surface area contributed by atoms with Crippen molar-refractivity contribution in [2.24, 2.45) is 0 Å². The van der Waals surface area contributed by atoms with E-state index in [1.54, 1.807) is 6.07 Å². The van der Waals surface area contributed by atoms with Gasteiger partial charge >= 0.3 is 12.4 Å². The number of hydrogen-bond acceptors (Lipinski definition) is 5. The maximum absolute atomic E-state index is 13.0. The molecule has 10 heteroatoms. The molecule has 0 aliphatic carbocycles. The number of benzene rings is 2. The van der Waals surface area contributed by atoms with Crippen LogP contribution in [0.4, 0.5) is 28.8 Å². The number of hydrogen-bond donors (Lipinski definition) is 1. The lowest BCUT2D eigenvalue weighted by molar-refractivity contribution is -0.274. The maximum atomic E-state index is 13.0. The number of thiazole rings is 1. The molecule has 2 aromatic carbocycles. The molecular weight excluding hydrogens is 417 g/mol. The third kappa shape index (κ3) is 5.83. The van der Waals surface area contributed by atoms with Crippen molar-refractivity contribution < 1.29 is 22.7 Å². The Morgan fingerprint density at radius 3 is 2.60 bits per heavy atom. The highest BCUT2D eigenvalue weighted by Gasteiger charge is 2.31. The molecule has 0 saturated heterocycles. The van der Waals surface area contributed by atoms with Gasteiger partial charge in [0, 0.05) is 24.8 Å². The number of nitrogens with one attached hydrogen (secondary N) is 1. The van der Waals surface area contributed by atoms with Crippen molar-refractivity contribution in [3.05, 3.63) is 48.0 Å². The first-order chi connectivity index (χ1) is 14.1. The summed E-state index contributed by atoms with van der Waals surface area (Å²) in [6, 6.07) is 11.0. The summed E-state index contributed by atoms with van der Waals surface area (Å²) < 4.78 is 41.9. The number of carbonyl (C=O) groups excluding carboxylic acids is 1. The number of nitrogens with zero attached hydrogens (tertiary/aromatic N) is 3. The minimum atomic E-state index is -4.77. The number of aryl methyl sites for hydroxylation is 1. The number of fused-ring (bicyclic) bond motifs is 1. The number of carbonyl (C=O) groups is 1. The molecule has 30 heavy (non-hydrogen) atoms. The summed E-state index contributed by atoms with van der Waals surface area (Å²) in [5.41, 5.74) is 2.14. The Morgan fingerprint density at radius 2 is 1.93 bits per heavy atom. The summed E-state index contributed by atoms with van der Waals surface area (Å²) in [6.07, 6.45) is -4.77. The van der Waals surface area contributed by atoms with E-state index in [0.717, 1.165) is 16.9 Å². The first-order valence-electron chi connectivity index (χ1n) is 9.07. The molecule has 160 valence electrons. The third-order valence-corrected chi connectivity index (χ3v) is 5.14. The highest BCUT2D eigenvalue weighted by molar-refractivity contribution is 7.22. The number of ether oxygens (including phenoxy) is 1. The highest BCUT2D eigenvalue weighted by atomic mass is 32.1. The number of rotatable bonds is 6. The van der Waals surface area contributed by atoms with Crippen LogP contribution in [0.2, 0.25) is 0 Å². The smallest absolute Gasteiger partial charge is 0.406 e. The summed E-state index contributed by atoms with van der Waals surface area (Å²) in [5, 5.41) is 3.24. The van der Waals surface area contributed by atoms with E-state index in [0.29, 0.717) is 34.1 Å². The lowest BCUT2D eigenvalue weighted by atomic mass is 10.2. The molecule has 0 aliphatic rings. The van der Waals surface area contributed by atoms with E-state index in [9.17, 15) is 18.0 Å². The van der Waals surface area contributed by atoms with Gasteiger partial charge in [0.25, 0.3) is 0 Å². The van der Waals surface area contributed by atoms with E-state index < -0.39 is 6.36 Å². The van der Waals surface area contributed by atoms with Gasteiger partial charge in [-0.15, -0.1) is 13.2 Å². The minimum absolute atomic E-state index is 0.325. The van der Waals surface area contributed by atoms with Gasteiger partial charge in [0.05, 0.1) is 10.2 Å². The number of aromatic nitrogens is 1. The molecular formula is C20H21F3N4O2S. The van der Waals surface area contributed by atoms with Gasteiger partial charge in [-0.25, -0.2) is 9.78 Å². The van der Waals surface area contributed by atoms with E-state index in [1.807, 2.05) is 44.1 Å². The van der Waals surface area contributed by atoms with Crippen LogP contribution in [0.15, 0.2) is 42.5 Å². The monoisotopic (exact) mass is 438 g/mol. The zero-order valence-corrected chi connectivity index (χ0v) is 17.5. The number of amides is 2. The van der Waals surface area contributed by atoms with Gasteiger partial charge in [0.2, 0.25) is 0 Å². The average Bonchev–Trinajstić information content (AvgIpc) is 3.03. The second kappa shape index (κ2) is 8.88. The van der Waals surface area contributed by atoms with Gasteiger partial charge in [-0.2, -0.15) is 0 Å². The summed E-state index contributed by atoms with van der Waals surface area (Å²) in [7, 11) is 3.77. The summed E-state index contributed by atoms with van der Waals surface area (Å²) in [4.78, 5) is 20.8. The fourth-order valence-electron chi connectivity index (χ4n) is 2.70. The Kier molecular flexibility index (Phi) is 6.47. The van der Waals surface area contributed by atoms with Crippen molar-refractivity contribution in [3.63, 3.8) is 0 Å². The number of urea groups is 1. The van der Waals surface area contributed by atoms with E-state index in [2.05, 4.69) is 15.0 Å². The fraction of sp³-hybridized carbons (Fsp3) is 0.300. The second-order valence-corrected chi connectivity index (χ2v) is 7.94. The molecule has 0 bridgehead atoms. The van der Waals surface area contributed by atoms with Gasteiger partial charge in [0.15, 0.2) is 5.13 Å². The van der Waals surface area contributed by atoms with Crippen LogP contribution >= 0.6 is 11.3 Å². The van der Waals surface area contributed by atoms with Crippen LogP contribution < -0.4 is 15.0 Å². The Balaban J connectivity index is 1.88. The van der Waals surface area contributed by atoms with Gasteiger partial charge in [-0.1, -0.05) is 23.5 Å². The van der Waals surface area contributed by atoms with Crippen LogP contribution in [0.1, 0.15) is 5.56 Å². The molecule has 0 unspecified atom stereocenters. The van der Waals surface area contributed by atoms with E-state index >= 15 is 0 Å². The molecule has 1 N–H and O–H groups in total. The van der Waals surface area contributed by atoms with Crippen LogP contribution in [-0.2, 0) is 0 Å². The van der Waals surface area contributed by atoms with E-state index in [-0.39, 0.29) is 11.8 Å². The molecule has 6 nitrogen and oxygen atoms in total. The predicted octanol–water partition coefficient (Wildman–Crippen LogP) is 5.10. The summed E-state index contributed by atoms with van der Waals surface area (Å²) in [6.45, 7) is 2.86. The van der Waals surface area contributed by atoms with Gasteiger partial charge in [-0.05, 0) is 50.8 Å². The van der Waals surface area contributed by atoms with Crippen LogP contribution in [0.5, 0.6) is 5.75 Å². The van der Waals surface area contributed by atoms with Crippen LogP contribution in [0.3, 0.4) is 0 Å². The first kappa shape index (κ1) is 21.8. The number of anilines is 2. The average molecular weight is 438 g/mol. The van der Waals surface area contributed by atoms with Crippen molar-refractivity contribution in [1.82, 2.24) is 9.88 Å². The Labute approximate surface area is 175 Å². The molecule has 3 rings (SSSR count). The van der Waals surface area contributed by atoms with Crippen LogP contribution in [-0.4, -0.2) is 49.5 Å². The predicted molar refractivity (Wildman–Crippen MR) is 112 cm³/mol. The lowest BCUT2D eigenvalue weighted by Crippen LogP contribution is -2.39. The quantitative estimate of drug-likeness (QED) is 0.582. The Bertz CT molecular complexity index is 1040. The topological polar surface area (TPSA) is 57.7 Å². The normalized spacial score (nSPS) is 11.7. The number of likely N-dealkylation sites (N-methyl/N-ethyl adjacent to an activating group) is 1. The molecule has 0 aliphatic heterocycles. The largest absolute Gasteiger partial charge is 0.573 e. The Hall–Kier alpha value is -2.85. The standard InChI is InChI=1S/C20H21F3N4O2S/c1-13-5-4-6-14(11-13)24-18(28)27(10-9-26(2)3)19-25-16-8-7-15(12-17(16)30-19)29-20(21,22)23/h4-8,11-12H,9-10H2,1-3H3,(H,24,28). The van der Waals surface area contributed by atoms with Crippen molar-refractivity contribution >= 4 is 38.4 Å². The van der Waals surface area contributed by atoms with Crippen LogP contribution in [0, 0.1) is 6.92 Å². The third-order valence-electron chi connectivity index (χ3n) is 4.10. The highest BCUT2D eigenvalue weighted by Crippen LogP contribution is 2.33. The van der Waals surface area contributed by atoms with E-state index in [4.69, 9.17) is 0 Å². The molecule has 1 heterocycles. The van der Waals surface area contributed by atoms with E-state index in [1.165, 1.54) is 23.1 Å². The zero-order chi connectivity index (χ0) is 21.9. The molecule has 2 amide bonds. The van der Waals surface area contributed by atoms with Crippen molar-refractivity contribution in [2.45, 2.75) is 13.3 Å². The minimum Gasteiger partial charge on any atom is -0.406 e. The molecule has 3 aromatic rings. The molecule has 0 atom stereocenters. The molecule has 0 radical (unpaired) electrons. The summed E-state index contributed by atoms with van der Waals surface area (Å²) >= 11 is 1.13. The first-order valence-corrected chi connectivity index (χ1v) is 9.88. The summed E-state index contributed by atoms with van der Waals surface area (Å²) in [5.74, 6) is -0.325. The molecule has 0 fully saturated rings. The van der Waals surface area contributed by atoms with Gasteiger partial charge in [0.1, 0.15) is 5.75 Å². The van der Waals surface area contributed by atoms with Gasteiger partial charge in [-0.3, -0.25) is 4.90 Å². The lowest BCUT2D eigenvalue weighted by Gasteiger charge is -2.22. The van der Waals surface area contributed by atoms with Crippen LogP contribution in [0.25, 0.3) is 10.2 Å². The van der Waals surface area contributed by atoms with Crippen molar-refractivity contribution in [1.29, 1.82) is 0 Å². The number of halogens is 3. The van der Waals surface area contributed by atoms with Crippen molar-refractivity contribution in [3.8, 4) is 5.75 Å². The van der Waals surface area contributed by atoms with Gasteiger partial charge < -0.3 is 15.0 Å². The Morgan fingerprint density at radius 1 is 1.17 bits per heavy atom. The fourth-order valence-corrected chi connectivity index (χ4v) is 3.72. The molecule has 0 saturated carbocycles. The molecule has 1 aromatic heterocycles. The van der Waals surface area contributed by atoms with Crippen molar-refractivity contribution in [2.75, 3.05) is 37.4 Å². The second-order valence-electron chi connectivity index (χ2n) is 6.93. The zero-order valence-electron chi connectivity index (χ0n) is 16.7. The molecule has 0 spiro atoms.